The van der Waals surface area contributed by atoms with Crippen molar-refractivity contribution in [3.8, 4) is 0 Å². The van der Waals surface area contributed by atoms with Crippen LogP contribution in [0.1, 0.15) is 39.5 Å². The van der Waals surface area contributed by atoms with Crippen LogP contribution < -0.4 is 5.32 Å². The van der Waals surface area contributed by atoms with Crippen molar-refractivity contribution in [1.29, 1.82) is 0 Å². The number of nitrogens with one attached hydrogen (secondary N) is 1. The zero-order valence-electron chi connectivity index (χ0n) is 17.2. The van der Waals surface area contributed by atoms with Crippen molar-refractivity contribution in [2.75, 3.05) is 47.3 Å². The maximum atomic E-state index is 10.8. The fourth-order valence-corrected chi connectivity index (χ4v) is 2.52. The molecule has 1 aliphatic carbocycles. The third-order valence-electron chi connectivity index (χ3n) is 4.19. The van der Waals surface area contributed by atoms with Crippen LogP contribution >= 0.6 is 0 Å². The molecule has 1 atom stereocenters. The molecule has 10 heteroatoms. The van der Waals surface area contributed by atoms with Gasteiger partial charge >= 0.3 is 6.09 Å². The van der Waals surface area contributed by atoms with Crippen LogP contribution in [0.3, 0.4) is 0 Å². The van der Waals surface area contributed by atoms with Gasteiger partial charge in [-0.25, -0.2) is 17.5 Å². The molecule has 2 amide bonds. The van der Waals surface area contributed by atoms with E-state index in [-0.39, 0.29) is 18.8 Å². The highest BCUT2D eigenvalue weighted by atomic mass is 32.2. The van der Waals surface area contributed by atoms with E-state index in [4.69, 9.17) is 9.47 Å². The lowest BCUT2D eigenvalue weighted by Gasteiger charge is -2.33. The van der Waals surface area contributed by atoms with Crippen molar-refractivity contribution in [3.05, 3.63) is 0 Å². The molecule has 0 aromatic rings. The van der Waals surface area contributed by atoms with E-state index < -0.39 is 15.9 Å². The highest BCUT2D eigenvalue weighted by molar-refractivity contribution is 7.88. The predicted molar refractivity (Wildman–Crippen MR) is 102 cm³/mol. The molecule has 1 saturated carbocycles. The number of carbonyl (C=O) groups is 2. The Morgan fingerprint density at radius 3 is 2.15 bits per heavy atom. The molecule has 1 aliphatic heterocycles. The maximum absolute atomic E-state index is 10.8. The first-order valence-electron chi connectivity index (χ1n) is 8.84. The lowest BCUT2D eigenvalue weighted by atomic mass is 9.72. The Labute approximate surface area is 162 Å². The van der Waals surface area contributed by atoms with E-state index in [1.807, 2.05) is 0 Å². The van der Waals surface area contributed by atoms with Crippen molar-refractivity contribution in [2.45, 2.75) is 45.6 Å². The summed E-state index contributed by atoms with van der Waals surface area (Å²) in [6, 6.07) is 0. The van der Waals surface area contributed by atoms with Gasteiger partial charge in [-0.15, -0.1) is 0 Å². The van der Waals surface area contributed by atoms with E-state index in [0.29, 0.717) is 17.5 Å². The lowest BCUT2D eigenvalue weighted by molar-refractivity contribution is -0.129. The van der Waals surface area contributed by atoms with E-state index >= 15 is 0 Å². The van der Waals surface area contributed by atoms with Crippen molar-refractivity contribution in [2.24, 2.45) is 5.41 Å². The predicted octanol–water partition coefficient (Wildman–Crippen LogP) is 1.38. The highest BCUT2D eigenvalue weighted by Gasteiger charge is 2.25. The van der Waals surface area contributed by atoms with Crippen LogP contribution in [-0.2, 0) is 29.0 Å². The smallest absolute Gasteiger partial charge is 0.407 e. The van der Waals surface area contributed by atoms with Gasteiger partial charge in [-0.2, -0.15) is 0 Å². The van der Waals surface area contributed by atoms with Crippen LogP contribution in [0.2, 0.25) is 0 Å². The number of likely N-dealkylation sites (N-methyl/N-ethyl adjacent to an activating group) is 1. The van der Waals surface area contributed by atoms with E-state index in [2.05, 4.69) is 23.9 Å². The molecule has 1 N–H and O–H groups in total. The van der Waals surface area contributed by atoms with Gasteiger partial charge in [0.15, 0.2) is 0 Å². The third-order valence-corrected chi connectivity index (χ3v) is 5.39. The summed E-state index contributed by atoms with van der Waals surface area (Å²) in [5.74, 6) is -0.574. The zero-order valence-corrected chi connectivity index (χ0v) is 18.1. The molecular formula is C17H34N2O7S. The van der Waals surface area contributed by atoms with Crippen LogP contribution in [0.4, 0.5) is 4.79 Å². The van der Waals surface area contributed by atoms with Crippen LogP contribution in [0.5, 0.6) is 0 Å². The number of ether oxygens (including phenoxy) is 3. The molecule has 1 saturated heterocycles. The van der Waals surface area contributed by atoms with Crippen LogP contribution in [0.15, 0.2) is 0 Å². The van der Waals surface area contributed by atoms with Gasteiger partial charge in [-0.1, -0.05) is 20.3 Å². The lowest BCUT2D eigenvalue weighted by Crippen LogP contribution is -2.34. The normalized spacial score (nSPS) is 20.0. The van der Waals surface area contributed by atoms with Gasteiger partial charge in [0, 0.05) is 27.6 Å². The minimum atomic E-state index is -3.42. The molecule has 0 radical (unpaired) electrons. The molecule has 2 rings (SSSR count). The van der Waals surface area contributed by atoms with Gasteiger partial charge in [0.2, 0.25) is 10.0 Å². The number of amides is 2. The number of hydrogen-bond acceptors (Lipinski definition) is 7. The summed E-state index contributed by atoms with van der Waals surface area (Å²) >= 11 is 0. The Hall–Kier alpha value is -1.39. The van der Waals surface area contributed by atoms with Gasteiger partial charge in [0.05, 0.1) is 19.5 Å². The molecule has 0 spiro atoms. The molecule has 0 bridgehead atoms. The largest absolute Gasteiger partial charge is 0.444 e. The molecule has 0 aromatic heterocycles. The number of methoxy groups -OCH3 is 1. The Morgan fingerprint density at radius 1 is 1.30 bits per heavy atom. The van der Waals surface area contributed by atoms with E-state index in [1.54, 1.807) is 0 Å². The standard InChI is InChI=1S/C6H11NO3.C6H12.C5H11NO4S/c1-7-6(8)10-5-2-3-9-4-5;1-6(2)4-3-5-6;1-6(11(3,8)9)5(7)4-10-2/h5H,2-4H2,1H3,(H,7,8);3-5H2,1-2H3;4H2,1-3H3. The number of hydrogen-bond donors (Lipinski definition) is 1. The van der Waals surface area contributed by atoms with Gasteiger partial charge < -0.3 is 19.5 Å². The molecule has 27 heavy (non-hydrogen) atoms. The monoisotopic (exact) mass is 410 g/mol. The van der Waals surface area contributed by atoms with Gasteiger partial charge in [0.1, 0.15) is 12.7 Å². The van der Waals surface area contributed by atoms with Crippen molar-refractivity contribution < 1.29 is 32.2 Å². The van der Waals surface area contributed by atoms with E-state index in [1.165, 1.54) is 40.5 Å². The Bertz CT molecular complexity index is 552. The summed E-state index contributed by atoms with van der Waals surface area (Å²) in [6.45, 7) is 5.67. The number of rotatable bonds is 4. The molecule has 2 fully saturated rings. The number of carbonyl (C=O) groups excluding carboxylic acids is 2. The maximum Gasteiger partial charge on any atom is 0.407 e. The second-order valence-electron chi connectivity index (χ2n) is 7.22. The fourth-order valence-electron chi connectivity index (χ4n) is 2.10. The minimum absolute atomic E-state index is 0.0417. The minimum Gasteiger partial charge on any atom is -0.444 e. The summed E-state index contributed by atoms with van der Waals surface area (Å²) in [5, 5.41) is 2.38. The molecule has 2 aliphatic rings. The molecule has 1 unspecified atom stereocenters. The molecule has 1 heterocycles. The number of nitrogens with zero attached hydrogens (tertiary/aromatic N) is 1. The fraction of sp³-hybridized carbons (Fsp3) is 0.882. The quantitative estimate of drug-likeness (QED) is 0.745. The first-order chi connectivity index (χ1) is 12.4. The van der Waals surface area contributed by atoms with Crippen LogP contribution in [0.25, 0.3) is 0 Å². The Morgan fingerprint density at radius 2 is 1.85 bits per heavy atom. The van der Waals surface area contributed by atoms with Crippen molar-refractivity contribution >= 4 is 22.0 Å². The second kappa shape index (κ2) is 12.1. The summed E-state index contributed by atoms with van der Waals surface area (Å²) in [4.78, 5) is 21.4. The molecule has 160 valence electrons. The van der Waals surface area contributed by atoms with E-state index in [0.717, 1.165) is 18.1 Å². The summed E-state index contributed by atoms with van der Waals surface area (Å²) < 4.78 is 36.4. The summed E-state index contributed by atoms with van der Waals surface area (Å²) in [7, 11) is 0.638. The molecule has 9 nitrogen and oxygen atoms in total. The first kappa shape index (κ1) is 25.6. The average Bonchev–Trinajstić information content (AvgIpc) is 3.06. The summed E-state index contributed by atoms with van der Waals surface area (Å²) in [5.41, 5.74) is 0.722. The van der Waals surface area contributed by atoms with Crippen molar-refractivity contribution in [1.82, 2.24) is 9.62 Å². The van der Waals surface area contributed by atoms with Gasteiger partial charge in [0.25, 0.3) is 5.91 Å². The van der Waals surface area contributed by atoms with Crippen LogP contribution in [0, 0.1) is 5.41 Å². The molecular weight excluding hydrogens is 376 g/mol. The van der Waals surface area contributed by atoms with E-state index in [9.17, 15) is 18.0 Å². The van der Waals surface area contributed by atoms with Gasteiger partial charge in [-0.3, -0.25) is 4.79 Å². The SMILES string of the molecule is CC1(C)CCC1.CNC(=O)OC1CCOC1.COCC(=O)N(C)S(C)(=O)=O. The topological polar surface area (TPSA) is 111 Å². The number of sulfonamides is 1. The number of alkyl carbamates (subject to hydrolysis) is 1. The Balaban J connectivity index is 0.000000390. The second-order valence-corrected chi connectivity index (χ2v) is 9.23. The first-order valence-corrected chi connectivity index (χ1v) is 10.7. The highest BCUT2D eigenvalue weighted by Crippen LogP contribution is 2.38. The van der Waals surface area contributed by atoms with Crippen molar-refractivity contribution in [3.63, 3.8) is 0 Å². The third kappa shape index (κ3) is 11.8. The zero-order chi connectivity index (χ0) is 21.1. The average molecular weight is 411 g/mol. The Kier molecular flexibility index (Phi) is 11.5. The van der Waals surface area contributed by atoms with Gasteiger partial charge in [-0.05, 0) is 18.3 Å². The van der Waals surface area contributed by atoms with Crippen LogP contribution in [-0.4, -0.2) is 78.1 Å². The summed E-state index contributed by atoms with van der Waals surface area (Å²) in [6.07, 6.45) is 5.72. The molecule has 0 aromatic carbocycles.